The minimum atomic E-state index is 0.263. The molecule has 0 aliphatic carbocycles. The number of likely N-dealkylation sites (N-methyl/N-ethyl adjacent to an activating group) is 1. The van der Waals surface area contributed by atoms with Gasteiger partial charge in [0.15, 0.2) is 23.0 Å². The number of ether oxygens (including phenoxy) is 4. The molecule has 0 aromatic heterocycles. The van der Waals surface area contributed by atoms with Gasteiger partial charge in [-0.15, -0.1) is 0 Å². The first kappa shape index (κ1) is 26.6. The van der Waals surface area contributed by atoms with Crippen molar-refractivity contribution in [2.24, 2.45) is 0 Å². The molecule has 39 heavy (non-hydrogen) atoms. The van der Waals surface area contributed by atoms with Crippen molar-refractivity contribution >= 4 is 0 Å². The Morgan fingerprint density at radius 3 is 1.85 bits per heavy atom. The van der Waals surface area contributed by atoms with Gasteiger partial charge >= 0.3 is 0 Å². The minimum Gasteiger partial charge on any atom is -0.493 e. The van der Waals surface area contributed by atoms with E-state index in [4.69, 9.17) is 18.9 Å². The topological polar surface area (TPSA) is 36.9 Å². The molecule has 202 valence electrons. The van der Waals surface area contributed by atoms with Gasteiger partial charge in [-0.05, 0) is 46.5 Å². The van der Waals surface area contributed by atoms with Crippen LogP contribution in [-0.4, -0.2) is 39.3 Å². The summed E-state index contributed by atoms with van der Waals surface area (Å²) in [6.45, 7) is 2.06. The smallest absolute Gasteiger partial charge is 0.162 e. The molecule has 0 saturated heterocycles. The molecule has 4 aromatic rings. The second kappa shape index (κ2) is 11.8. The van der Waals surface area contributed by atoms with Crippen molar-refractivity contribution in [1.82, 2.24) is 0 Å². The highest BCUT2D eigenvalue weighted by molar-refractivity contribution is 5.50. The molecule has 1 heterocycles. The summed E-state index contributed by atoms with van der Waals surface area (Å²) < 4.78 is 24.8. The molecule has 1 aliphatic rings. The second-order valence-electron chi connectivity index (χ2n) is 10.7. The van der Waals surface area contributed by atoms with E-state index in [1.165, 1.54) is 16.7 Å². The highest BCUT2D eigenvalue weighted by atomic mass is 16.5. The molecule has 1 unspecified atom stereocenters. The fourth-order valence-corrected chi connectivity index (χ4v) is 5.37. The van der Waals surface area contributed by atoms with Gasteiger partial charge < -0.3 is 23.4 Å². The number of methoxy groups -OCH3 is 2. The van der Waals surface area contributed by atoms with Crippen LogP contribution in [0.25, 0.3) is 0 Å². The molecule has 1 atom stereocenters. The summed E-state index contributed by atoms with van der Waals surface area (Å²) in [5.74, 6) is 3.09. The van der Waals surface area contributed by atoms with Crippen LogP contribution in [0.4, 0.5) is 0 Å². The quantitative estimate of drug-likeness (QED) is 0.214. The molecule has 0 spiro atoms. The standard InChI is InChI=1S/C34H38NO4/c1-35(2)18-17-28-21-33(37-4)34(39-24-26-13-9-6-10-14-26)22-29(28)30(35)19-27-15-16-31(32(20-27)36-3)38-23-25-11-7-5-8-12-25/h5-16,20-22,30H,17-19,23-24H2,1-4H3/q+1. The summed E-state index contributed by atoms with van der Waals surface area (Å²) in [6.07, 6.45) is 1.88. The molecule has 5 nitrogen and oxygen atoms in total. The van der Waals surface area contributed by atoms with Crippen molar-refractivity contribution in [2.45, 2.75) is 32.1 Å². The molecule has 0 bridgehead atoms. The largest absolute Gasteiger partial charge is 0.493 e. The van der Waals surface area contributed by atoms with E-state index in [9.17, 15) is 0 Å². The first-order valence-electron chi connectivity index (χ1n) is 13.5. The predicted molar refractivity (Wildman–Crippen MR) is 155 cm³/mol. The highest BCUT2D eigenvalue weighted by Crippen LogP contribution is 2.42. The van der Waals surface area contributed by atoms with Crippen LogP contribution in [0.3, 0.4) is 0 Å². The van der Waals surface area contributed by atoms with Gasteiger partial charge in [0.25, 0.3) is 0 Å². The van der Waals surface area contributed by atoms with Crippen LogP contribution in [0, 0.1) is 0 Å². The molecule has 0 amide bonds. The number of rotatable bonds is 10. The lowest BCUT2D eigenvalue weighted by molar-refractivity contribution is -0.923. The molecule has 0 N–H and O–H groups in total. The average molecular weight is 525 g/mol. The minimum absolute atomic E-state index is 0.263. The third-order valence-corrected chi connectivity index (χ3v) is 7.72. The van der Waals surface area contributed by atoms with Gasteiger partial charge in [-0.1, -0.05) is 66.7 Å². The second-order valence-corrected chi connectivity index (χ2v) is 10.7. The van der Waals surface area contributed by atoms with E-state index < -0.39 is 0 Å². The van der Waals surface area contributed by atoms with Crippen LogP contribution in [-0.2, 0) is 26.1 Å². The Balaban J connectivity index is 1.40. The van der Waals surface area contributed by atoms with Crippen LogP contribution < -0.4 is 18.9 Å². The van der Waals surface area contributed by atoms with Gasteiger partial charge in [-0.3, -0.25) is 0 Å². The Bertz CT molecular complexity index is 1390. The molecule has 4 aromatic carbocycles. The fraction of sp³-hybridized carbons (Fsp3) is 0.294. The van der Waals surface area contributed by atoms with Gasteiger partial charge in [-0.2, -0.15) is 0 Å². The molecule has 0 radical (unpaired) electrons. The van der Waals surface area contributed by atoms with E-state index in [0.717, 1.165) is 58.0 Å². The van der Waals surface area contributed by atoms with Crippen LogP contribution in [0.2, 0.25) is 0 Å². The van der Waals surface area contributed by atoms with Crippen LogP contribution in [0.5, 0.6) is 23.0 Å². The summed E-state index contributed by atoms with van der Waals surface area (Å²) in [7, 11) is 8.05. The third kappa shape index (κ3) is 6.21. The van der Waals surface area contributed by atoms with E-state index >= 15 is 0 Å². The van der Waals surface area contributed by atoms with E-state index in [-0.39, 0.29) is 6.04 Å². The zero-order valence-corrected chi connectivity index (χ0v) is 23.4. The van der Waals surface area contributed by atoms with Crippen LogP contribution >= 0.6 is 0 Å². The number of hydrogen-bond acceptors (Lipinski definition) is 4. The number of nitrogens with zero attached hydrogens (tertiary/aromatic N) is 1. The maximum absolute atomic E-state index is 6.29. The van der Waals surface area contributed by atoms with Crippen molar-refractivity contribution in [3.05, 3.63) is 119 Å². The lowest BCUT2D eigenvalue weighted by atomic mass is 9.87. The SMILES string of the molecule is COc1cc(CC2c3cc(OCc4ccccc4)c(OC)cc3CC[N+]2(C)C)ccc1OCc1ccccc1. The van der Waals surface area contributed by atoms with Crippen molar-refractivity contribution in [3.63, 3.8) is 0 Å². The molecule has 5 heteroatoms. The Morgan fingerprint density at radius 1 is 0.641 bits per heavy atom. The number of fused-ring (bicyclic) bond motifs is 1. The van der Waals surface area contributed by atoms with Gasteiger partial charge in [0.2, 0.25) is 0 Å². The summed E-state index contributed by atoms with van der Waals surface area (Å²) in [6, 6.07) is 31.4. The molecule has 5 rings (SSSR count). The molecule has 0 saturated carbocycles. The van der Waals surface area contributed by atoms with Crippen molar-refractivity contribution in [1.29, 1.82) is 0 Å². The summed E-state index contributed by atoms with van der Waals surface area (Å²) in [5, 5.41) is 0. The third-order valence-electron chi connectivity index (χ3n) is 7.72. The Morgan fingerprint density at radius 2 is 1.23 bits per heavy atom. The Labute approximate surface area is 232 Å². The zero-order chi connectivity index (χ0) is 27.2. The van der Waals surface area contributed by atoms with Crippen molar-refractivity contribution in [2.75, 3.05) is 34.9 Å². The normalized spacial score (nSPS) is 15.7. The van der Waals surface area contributed by atoms with Gasteiger partial charge in [0.05, 0.1) is 34.9 Å². The Kier molecular flexibility index (Phi) is 8.08. The predicted octanol–water partition coefficient (Wildman–Crippen LogP) is 6.78. The van der Waals surface area contributed by atoms with E-state index in [0.29, 0.717) is 13.2 Å². The summed E-state index contributed by atoms with van der Waals surface area (Å²) in [4.78, 5) is 0. The zero-order valence-electron chi connectivity index (χ0n) is 23.4. The first-order chi connectivity index (χ1) is 19.0. The summed E-state index contributed by atoms with van der Waals surface area (Å²) >= 11 is 0. The maximum Gasteiger partial charge on any atom is 0.162 e. The van der Waals surface area contributed by atoms with Crippen molar-refractivity contribution in [3.8, 4) is 23.0 Å². The average Bonchev–Trinajstić information content (AvgIpc) is 2.97. The number of quaternary nitrogens is 1. The monoisotopic (exact) mass is 524 g/mol. The first-order valence-corrected chi connectivity index (χ1v) is 13.5. The fourth-order valence-electron chi connectivity index (χ4n) is 5.37. The molecular formula is C34H38NO4+. The lowest BCUT2D eigenvalue weighted by Crippen LogP contribution is -2.48. The number of hydrogen-bond donors (Lipinski definition) is 0. The summed E-state index contributed by atoms with van der Waals surface area (Å²) in [5.41, 5.74) is 6.12. The van der Waals surface area contributed by atoms with Gasteiger partial charge in [0, 0.05) is 18.4 Å². The molecular weight excluding hydrogens is 486 g/mol. The molecule has 0 fully saturated rings. The van der Waals surface area contributed by atoms with E-state index in [2.05, 4.69) is 62.6 Å². The van der Waals surface area contributed by atoms with E-state index in [1.54, 1.807) is 14.2 Å². The van der Waals surface area contributed by atoms with Crippen LogP contribution in [0.15, 0.2) is 91.0 Å². The molecule has 1 aliphatic heterocycles. The lowest BCUT2D eigenvalue weighted by Gasteiger charge is -2.43. The van der Waals surface area contributed by atoms with Gasteiger partial charge in [-0.25, -0.2) is 0 Å². The van der Waals surface area contributed by atoms with E-state index in [1.807, 2.05) is 42.5 Å². The number of benzene rings is 4. The van der Waals surface area contributed by atoms with Crippen LogP contribution in [0.1, 0.15) is 33.9 Å². The van der Waals surface area contributed by atoms with Gasteiger partial charge in [0.1, 0.15) is 19.3 Å². The highest BCUT2D eigenvalue weighted by Gasteiger charge is 2.37. The van der Waals surface area contributed by atoms with Crippen molar-refractivity contribution < 1.29 is 23.4 Å². The maximum atomic E-state index is 6.29. The Hall–Kier alpha value is -3.96.